The summed E-state index contributed by atoms with van der Waals surface area (Å²) in [5.74, 6) is 0. The number of hydrogen-bond donors (Lipinski definition) is 1. The average Bonchev–Trinajstić information content (AvgIpc) is 2.33. The van der Waals surface area contributed by atoms with E-state index in [1.54, 1.807) is 0 Å². The Bertz CT molecular complexity index is 159. The second-order valence-electron chi connectivity index (χ2n) is 5.68. The molecule has 1 N–H and O–H groups in total. The summed E-state index contributed by atoms with van der Waals surface area (Å²) in [7, 11) is 0. The first-order valence-electron chi connectivity index (χ1n) is 8.01. The SMILES string of the molecule is CCCCCCCC(C)NCCCCOC(C)C. The van der Waals surface area contributed by atoms with Crippen molar-refractivity contribution in [2.75, 3.05) is 13.2 Å². The van der Waals surface area contributed by atoms with Gasteiger partial charge in [-0.25, -0.2) is 0 Å². The molecule has 110 valence electrons. The molecule has 0 aromatic carbocycles. The van der Waals surface area contributed by atoms with Crippen molar-refractivity contribution >= 4 is 0 Å². The van der Waals surface area contributed by atoms with Gasteiger partial charge in [-0.2, -0.15) is 0 Å². The van der Waals surface area contributed by atoms with E-state index in [0.717, 1.165) is 13.2 Å². The van der Waals surface area contributed by atoms with E-state index in [-0.39, 0.29) is 0 Å². The van der Waals surface area contributed by atoms with Gasteiger partial charge in [0.25, 0.3) is 0 Å². The standard InChI is InChI=1S/C16H35NO/c1-5-6-7-8-9-12-16(4)17-13-10-11-14-18-15(2)3/h15-17H,5-14H2,1-4H3. The Balaban J connectivity index is 3.14. The third-order valence-electron chi connectivity index (χ3n) is 3.26. The maximum atomic E-state index is 5.52. The van der Waals surface area contributed by atoms with Gasteiger partial charge in [0.2, 0.25) is 0 Å². The van der Waals surface area contributed by atoms with E-state index in [9.17, 15) is 0 Å². The van der Waals surface area contributed by atoms with Gasteiger partial charge in [0.1, 0.15) is 0 Å². The Labute approximate surface area is 115 Å². The van der Waals surface area contributed by atoms with E-state index in [0.29, 0.717) is 12.1 Å². The van der Waals surface area contributed by atoms with E-state index in [2.05, 4.69) is 33.0 Å². The van der Waals surface area contributed by atoms with Crippen LogP contribution in [0.25, 0.3) is 0 Å². The molecule has 0 heterocycles. The third kappa shape index (κ3) is 14.0. The molecule has 0 aromatic heterocycles. The van der Waals surface area contributed by atoms with Gasteiger partial charge in [-0.15, -0.1) is 0 Å². The molecule has 0 aromatic rings. The number of rotatable bonds is 13. The molecular weight excluding hydrogens is 222 g/mol. The third-order valence-corrected chi connectivity index (χ3v) is 3.26. The highest BCUT2D eigenvalue weighted by molar-refractivity contribution is 4.60. The van der Waals surface area contributed by atoms with Crippen molar-refractivity contribution in [3.05, 3.63) is 0 Å². The highest BCUT2D eigenvalue weighted by atomic mass is 16.5. The fourth-order valence-electron chi connectivity index (χ4n) is 2.05. The second kappa shape index (κ2) is 13.4. The average molecular weight is 257 g/mol. The van der Waals surface area contributed by atoms with E-state index < -0.39 is 0 Å². The normalized spacial score (nSPS) is 13.2. The predicted octanol–water partition coefficient (Wildman–Crippen LogP) is 4.53. The Morgan fingerprint density at radius 1 is 0.889 bits per heavy atom. The van der Waals surface area contributed by atoms with Crippen molar-refractivity contribution in [2.45, 2.75) is 91.2 Å². The molecule has 0 spiro atoms. The van der Waals surface area contributed by atoms with E-state index >= 15 is 0 Å². The van der Waals surface area contributed by atoms with E-state index in [4.69, 9.17) is 4.74 Å². The summed E-state index contributed by atoms with van der Waals surface area (Å²) in [6, 6.07) is 0.678. The minimum Gasteiger partial charge on any atom is -0.379 e. The lowest BCUT2D eigenvalue weighted by Gasteiger charge is -2.14. The molecule has 0 saturated carbocycles. The molecule has 0 aliphatic rings. The van der Waals surface area contributed by atoms with Crippen LogP contribution in [0.2, 0.25) is 0 Å². The molecule has 0 radical (unpaired) electrons. The predicted molar refractivity (Wildman–Crippen MR) is 81.2 cm³/mol. The van der Waals surface area contributed by atoms with Crippen molar-refractivity contribution in [1.29, 1.82) is 0 Å². The van der Waals surface area contributed by atoms with Gasteiger partial charge in [-0.05, 0) is 46.6 Å². The minimum atomic E-state index is 0.375. The molecule has 1 unspecified atom stereocenters. The second-order valence-corrected chi connectivity index (χ2v) is 5.68. The molecule has 1 atom stereocenters. The van der Waals surface area contributed by atoms with Crippen LogP contribution in [-0.2, 0) is 4.74 Å². The number of unbranched alkanes of at least 4 members (excludes halogenated alkanes) is 5. The Hall–Kier alpha value is -0.0800. The van der Waals surface area contributed by atoms with Gasteiger partial charge in [0, 0.05) is 12.6 Å². The van der Waals surface area contributed by atoms with Crippen LogP contribution in [0.4, 0.5) is 0 Å². The maximum Gasteiger partial charge on any atom is 0.0518 e. The lowest BCUT2D eigenvalue weighted by Crippen LogP contribution is -2.27. The van der Waals surface area contributed by atoms with Crippen LogP contribution in [-0.4, -0.2) is 25.3 Å². The van der Waals surface area contributed by atoms with Crippen molar-refractivity contribution < 1.29 is 4.74 Å². The first-order chi connectivity index (χ1) is 8.66. The van der Waals surface area contributed by atoms with Crippen molar-refractivity contribution in [3.63, 3.8) is 0 Å². The Morgan fingerprint density at radius 2 is 1.61 bits per heavy atom. The summed E-state index contributed by atoms with van der Waals surface area (Å²) >= 11 is 0. The summed E-state index contributed by atoms with van der Waals surface area (Å²) in [5, 5.41) is 3.61. The monoisotopic (exact) mass is 257 g/mol. The van der Waals surface area contributed by atoms with Crippen LogP contribution in [0.5, 0.6) is 0 Å². The highest BCUT2D eigenvalue weighted by Crippen LogP contribution is 2.07. The topological polar surface area (TPSA) is 21.3 Å². The van der Waals surface area contributed by atoms with Gasteiger partial charge in [0.05, 0.1) is 6.10 Å². The molecule has 0 saturated heterocycles. The summed E-state index contributed by atoms with van der Waals surface area (Å²) in [6.45, 7) is 10.8. The fourth-order valence-corrected chi connectivity index (χ4v) is 2.05. The van der Waals surface area contributed by atoms with Gasteiger partial charge in [-0.3, -0.25) is 0 Å². The van der Waals surface area contributed by atoms with E-state index in [1.165, 1.54) is 51.4 Å². The smallest absolute Gasteiger partial charge is 0.0518 e. The number of ether oxygens (including phenoxy) is 1. The Morgan fingerprint density at radius 3 is 2.28 bits per heavy atom. The molecule has 0 amide bonds. The first kappa shape index (κ1) is 17.9. The largest absolute Gasteiger partial charge is 0.379 e. The number of hydrogen-bond acceptors (Lipinski definition) is 2. The van der Waals surface area contributed by atoms with Crippen LogP contribution in [0, 0.1) is 0 Å². The molecule has 0 aliphatic carbocycles. The van der Waals surface area contributed by atoms with Crippen LogP contribution < -0.4 is 5.32 Å². The van der Waals surface area contributed by atoms with Crippen LogP contribution in [0.15, 0.2) is 0 Å². The molecule has 0 fully saturated rings. The molecule has 18 heavy (non-hydrogen) atoms. The van der Waals surface area contributed by atoms with Gasteiger partial charge >= 0.3 is 0 Å². The zero-order chi connectivity index (χ0) is 13.6. The number of nitrogens with one attached hydrogen (secondary N) is 1. The van der Waals surface area contributed by atoms with Gasteiger partial charge < -0.3 is 10.1 Å². The van der Waals surface area contributed by atoms with Gasteiger partial charge in [0.15, 0.2) is 0 Å². The lowest BCUT2D eigenvalue weighted by atomic mass is 10.1. The van der Waals surface area contributed by atoms with Crippen LogP contribution in [0.3, 0.4) is 0 Å². The lowest BCUT2D eigenvalue weighted by molar-refractivity contribution is 0.0759. The summed E-state index contributed by atoms with van der Waals surface area (Å²) < 4.78 is 5.52. The highest BCUT2D eigenvalue weighted by Gasteiger charge is 2.00. The van der Waals surface area contributed by atoms with Crippen molar-refractivity contribution in [2.24, 2.45) is 0 Å². The molecule has 2 heteroatoms. The molecular formula is C16H35NO. The van der Waals surface area contributed by atoms with Crippen molar-refractivity contribution in [1.82, 2.24) is 5.32 Å². The van der Waals surface area contributed by atoms with Crippen LogP contribution >= 0.6 is 0 Å². The van der Waals surface area contributed by atoms with E-state index in [1.807, 2.05) is 0 Å². The fraction of sp³-hybridized carbons (Fsp3) is 1.00. The van der Waals surface area contributed by atoms with Crippen molar-refractivity contribution in [3.8, 4) is 0 Å². The first-order valence-corrected chi connectivity index (χ1v) is 8.01. The van der Waals surface area contributed by atoms with Gasteiger partial charge in [-0.1, -0.05) is 39.0 Å². The molecule has 0 aliphatic heterocycles. The summed E-state index contributed by atoms with van der Waals surface area (Å²) in [5.41, 5.74) is 0. The maximum absolute atomic E-state index is 5.52. The summed E-state index contributed by atoms with van der Waals surface area (Å²) in [6.07, 6.45) is 11.0. The zero-order valence-electron chi connectivity index (χ0n) is 13.1. The Kier molecular flexibility index (Phi) is 13.3. The zero-order valence-corrected chi connectivity index (χ0v) is 13.1. The molecule has 0 rings (SSSR count). The molecule has 2 nitrogen and oxygen atoms in total. The van der Waals surface area contributed by atoms with Crippen LogP contribution in [0.1, 0.15) is 79.1 Å². The summed E-state index contributed by atoms with van der Waals surface area (Å²) in [4.78, 5) is 0. The minimum absolute atomic E-state index is 0.375. The quantitative estimate of drug-likeness (QED) is 0.489. The molecule has 0 bridgehead atoms.